The third kappa shape index (κ3) is 1.94. The van der Waals surface area contributed by atoms with Crippen molar-refractivity contribution in [3.63, 3.8) is 0 Å². The average Bonchev–Trinajstić information content (AvgIpc) is 2.44. The molecular weight excluding hydrogens is 301 g/mol. The van der Waals surface area contributed by atoms with Crippen molar-refractivity contribution in [2.45, 2.75) is 0 Å². The number of aromatic nitrogens is 2. The monoisotopic (exact) mass is 305 g/mol. The van der Waals surface area contributed by atoms with Crippen molar-refractivity contribution in [2.24, 2.45) is 0 Å². The van der Waals surface area contributed by atoms with Crippen molar-refractivity contribution in [3.8, 4) is 0 Å². The number of fused-ring (bicyclic) bond motifs is 1. The number of carbonyl (C=O) groups is 1. The lowest BCUT2D eigenvalue weighted by atomic mass is 10.4. The molecular formula is C7H4IN3OS. The fourth-order valence-electron chi connectivity index (χ4n) is 0.918. The van der Waals surface area contributed by atoms with E-state index in [9.17, 15) is 4.79 Å². The minimum absolute atomic E-state index is 0.135. The molecule has 0 saturated heterocycles. The van der Waals surface area contributed by atoms with Gasteiger partial charge in [0.2, 0.25) is 0 Å². The van der Waals surface area contributed by atoms with Crippen LogP contribution in [0.3, 0.4) is 0 Å². The standard InChI is InChI=1S/C7H4IN3OS/c8-6(12)11-7-10-4-1-2-9-3-5(4)13-7/h1-3H,(H,10,11,12). The highest BCUT2D eigenvalue weighted by atomic mass is 127. The van der Waals surface area contributed by atoms with Crippen molar-refractivity contribution >= 4 is 53.2 Å². The Morgan fingerprint density at radius 3 is 3.15 bits per heavy atom. The molecule has 4 nitrogen and oxygen atoms in total. The van der Waals surface area contributed by atoms with Crippen LogP contribution in [0.5, 0.6) is 0 Å². The van der Waals surface area contributed by atoms with Crippen molar-refractivity contribution in [3.05, 3.63) is 18.5 Å². The van der Waals surface area contributed by atoms with Gasteiger partial charge >= 0.3 is 0 Å². The molecule has 0 spiro atoms. The number of hydrogen-bond acceptors (Lipinski definition) is 4. The molecule has 0 atom stereocenters. The van der Waals surface area contributed by atoms with Crippen LogP contribution in [-0.4, -0.2) is 13.9 Å². The van der Waals surface area contributed by atoms with E-state index in [2.05, 4.69) is 15.3 Å². The maximum absolute atomic E-state index is 10.7. The van der Waals surface area contributed by atoms with Crippen LogP contribution < -0.4 is 5.32 Å². The first-order valence-electron chi connectivity index (χ1n) is 3.43. The van der Waals surface area contributed by atoms with Crippen molar-refractivity contribution < 1.29 is 4.79 Å². The third-order valence-corrected chi connectivity index (χ3v) is 2.59. The first kappa shape index (κ1) is 8.82. The number of pyridine rings is 1. The van der Waals surface area contributed by atoms with Crippen molar-refractivity contribution in [1.29, 1.82) is 0 Å². The van der Waals surface area contributed by atoms with Crippen LogP contribution in [0.1, 0.15) is 0 Å². The second-order valence-corrected chi connectivity index (χ2v) is 4.27. The van der Waals surface area contributed by atoms with Crippen LogP contribution in [0.25, 0.3) is 10.2 Å². The first-order valence-corrected chi connectivity index (χ1v) is 5.32. The highest BCUT2D eigenvalue weighted by molar-refractivity contribution is 14.1. The van der Waals surface area contributed by atoms with Gasteiger partial charge in [0, 0.05) is 35.0 Å². The molecule has 66 valence electrons. The molecule has 0 radical (unpaired) electrons. The summed E-state index contributed by atoms with van der Waals surface area (Å²) in [4.78, 5) is 18.9. The Bertz CT molecular complexity index is 423. The van der Waals surface area contributed by atoms with E-state index >= 15 is 0 Å². The van der Waals surface area contributed by atoms with Gasteiger partial charge in [-0.3, -0.25) is 15.1 Å². The van der Waals surface area contributed by atoms with E-state index in [1.807, 2.05) is 6.07 Å². The SMILES string of the molecule is O=C(I)Nc1nc2ccncc2s1. The Morgan fingerprint density at radius 2 is 2.46 bits per heavy atom. The van der Waals surface area contributed by atoms with E-state index in [-0.39, 0.29) is 3.91 Å². The van der Waals surface area contributed by atoms with E-state index in [0.717, 1.165) is 10.2 Å². The van der Waals surface area contributed by atoms with E-state index in [1.54, 1.807) is 35.0 Å². The zero-order chi connectivity index (χ0) is 9.26. The zero-order valence-electron chi connectivity index (χ0n) is 6.32. The summed E-state index contributed by atoms with van der Waals surface area (Å²) in [5, 5.41) is 3.23. The molecule has 0 aliphatic rings. The van der Waals surface area contributed by atoms with Gasteiger partial charge in [0.1, 0.15) is 0 Å². The summed E-state index contributed by atoms with van der Waals surface area (Å²) >= 11 is 3.09. The van der Waals surface area contributed by atoms with Crippen molar-refractivity contribution in [2.75, 3.05) is 5.32 Å². The minimum atomic E-state index is -0.135. The lowest BCUT2D eigenvalue weighted by Gasteiger charge is -1.89. The smallest absolute Gasteiger partial charge is 0.286 e. The summed E-state index contributed by atoms with van der Waals surface area (Å²) in [6.45, 7) is 0. The molecule has 0 aliphatic carbocycles. The molecule has 0 aromatic carbocycles. The second-order valence-electron chi connectivity index (χ2n) is 2.26. The summed E-state index contributed by atoms with van der Waals surface area (Å²) in [5.74, 6) is 0. The number of nitrogens with one attached hydrogen (secondary N) is 1. The van der Waals surface area contributed by atoms with E-state index in [4.69, 9.17) is 0 Å². The Labute approximate surface area is 91.5 Å². The van der Waals surface area contributed by atoms with Gasteiger partial charge in [-0.15, -0.1) is 0 Å². The molecule has 0 aliphatic heterocycles. The molecule has 2 aromatic heterocycles. The molecule has 2 heterocycles. The number of carbonyl (C=O) groups excluding carboxylic acids is 1. The highest BCUT2D eigenvalue weighted by Crippen LogP contribution is 2.24. The van der Waals surface area contributed by atoms with E-state index in [0.29, 0.717) is 5.13 Å². The van der Waals surface area contributed by atoms with Crippen LogP contribution in [0.15, 0.2) is 18.5 Å². The minimum Gasteiger partial charge on any atom is -0.293 e. The molecule has 0 fully saturated rings. The predicted octanol–water partition coefficient (Wildman–Crippen LogP) is 2.66. The van der Waals surface area contributed by atoms with Gasteiger partial charge in [-0.05, 0) is 6.07 Å². The predicted molar refractivity (Wildman–Crippen MR) is 60.5 cm³/mol. The van der Waals surface area contributed by atoms with Crippen LogP contribution in [0, 0.1) is 0 Å². The Balaban J connectivity index is 2.44. The maximum atomic E-state index is 10.7. The van der Waals surface area contributed by atoms with Crippen LogP contribution in [-0.2, 0) is 0 Å². The molecule has 2 rings (SSSR count). The number of rotatable bonds is 1. The Kier molecular flexibility index (Phi) is 2.40. The van der Waals surface area contributed by atoms with Gasteiger partial charge < -0.3 is 0 Å². The number of anilines is 1. The fourth-order valence-corrected chi connectivity index (χ4v) is 2.18. The largest absolute Gasteiger partial charge is 0.293 e. The lowest BCUT2D eigenvalue weighted by Crippen LogP contribution is -1.98. The Morgan fingerprint density at radius 1 is 1.62 bits per heavy atom. The van der Waals surface area contributed by atoms with E-state index in [1.165, 1.54) is 11.3 Å². The second kappa shape index (κ2) is 3.54. The molecule has 2 aromatic rings. The van der Waals surface area contributed by atoms with Gasteiger partial charge in [0.05, 0.1) is 10.2 Å². The summed E-state index contributed by atoms with van der Waals surface area (Å²) < 4.78 is 0.840. The Hall–Kier alpha value is -0.760. The lowest BCUT2D eigenvalue weighted by molar-refractivity contribution is 0.272. The van der Waals surface area contributed by atoms with Crippen molar-refractivity contribution in [1.82, 2.24) is 9.97 Å². The number of nitrogens with zero attached hydrogens (tertiary/aromatic N) is 2. The molecule has 0 unspecified atom stereocenters. The fraction of sp³-hybridized carbons (Fsp3) is 0. The zero-order valence-corrected chi connectivity index (χ0v) is 9.29. The summed E-state index contributed by atoms with van der Waals surface area (Å²) in [6, 6.07) is 1.81. The summed E-state index contributed by atoms with van der Waals surface area (Å²) in [5.41, 5.74) is 0.861. The van der Waals surface area contributed by atoms with Gasteiger partial charge in [-0.2, -0.15) is 0 Å². The number of amides is 1. The molecule has 0 saturated carbocycles. The van der Waals surface area contributed by atoms with Crippen LogP contribution in [0.2, 0.25) is 0 Å². The van der Waals surface area contributed by atoms with Gasteiger partial charge in [0.25, 0.3) is 3.91 Å². The van der Waals surface area contributed by atoms with Gasteiger partial charge in [-0.25, -0.2) is 4.98 Å². The number of halogens is 1. The quantitative estimate of drug-likeness (QED) is 0.500. The topological polar surface area (TPSA) is 54.9 Å². The summed E-state index contributed by atoms with van der Waals surface area (Å²) in [7, 11) is 0. The highest BCUT2D eigenvalue weighted by Gasteiger charge is 2.04. The van der Waals surface area contributed by atoms with Gasteiger partial charge in [0.15, 0.2) is 5.13 Å². The maximum Gasteiger partial charge on any atom is 0.286 e. The normalized spacial score (nSPS) is 10.2. The molecule has 0 bridgehead atoms. The average molecular weight is 305 g/mol. The van der Waals surface area contributed by atoms with Crippen LogP contribution in [0.4, 0.5) is 9.93 Å². The molecule has 13 heavy (non-hydrogen) atoms. The molecule has 1 N–H and O–H groups in total. The van der Waals surface area contributed by atoms with Gasteiger partial charge in [-0.1, -0.05) is 11.3 Å². The third-order valence-electron chi connectivity index (χ3n) is 1.40. The van der Waals surface area contributed by atoms with E-state index < -0.39 is 0 Å². The molecule has 1 amide bonds. The van der Waals surface area contributed by atoms with Crippen LogP contribution >= 0.6 is 33.9 Å². The first-order chi connectivity index (χ1) is 6.25. The summed E-state index contributed by atoms with van der Waals surface area (Å²) in [6.07, 6.45) is 3.41. The number of hydrogen-bond donors (Lipinski definition) is 1. The molecule has 6 heteroatoms. The number of thiazole rings is 1.